The summed E-state index contributed by atoms with van der Waals surface area (Å²) >= 11 is 0. The van der Waals surface area contributed by atoms with Crippen LogP contribution in [0.15, 0.2) is 24.3 Å². The van der Waals surface area contributed by atoms with E-state index >= 15 is 0 Å². The molecule has 1 rings (SSSR count). The molecule has 8 atom stereocenters. The summed E-state index contributed by atoms with van der Waals surface area (Å²) in [4.78, 5) is 54.2. The molecule has 64 heavy (non-hydrogen) atoms. The van der Waals surface area contributed by atoms with Gasteiger partial charge in [-0.3, -0.25) is 23.2 Å². The van der Waals surface area contributed by atoms with Crippen molar-refractivity contribution in [3.05, 3.63) is 24.3 Å². The second kappa shape index (κ2) is 38.4. The Labute approximate surface area is 383 Å². The molecule has 0 aliphatic heterocycles. The summed E-state index contributed by atoms with van der Waals surface area (Å²) in [5.41, 5.74) is 0. The number of hydrogen-bond acceptors (Lipinski definition) is 14. The molecule has 0 bridgehead atoms. The smallest absolute Gasteiger partial charge is 0.462 e. The second-order valence-electron chi connectivity index (χ2n) is 16.8. The number of aliphatic hydroxyl groups excluding tert-OH is 4. The molecule has 0 heterocycles. The van der Waals surface area contributed by atoms with Crippen molar-refractivity contribution < 1.29 is 76.9 Å². The topological polar surface area (TPSA) is 291 Å². The Morgan fingerprint density at radius 3 is 1.30 bits per heavy atom. The molecule has 19 heteroatoms. The van der Waals surface area contributed by atoms with Crippen molar-refractivity contribution in [2.45, 2.75) is 236 Å². The van der Waals surface area contributed by atoms with E-state index in [1.165, 1.54) is 77.0 Å². The fourth-order valence-electron chi connectivity index (χ4n) is 7.25. The van der Waals surface area contributed by atoms with Gasteiger partial charge in [-0.1, -0.05) is 141 Å². The third kappa shape index (κ3) is 32.2. The van der Waals surface area contributed by atoms with E-state index in [0.29, 0.717) is 12.8 Å². The summed E-state index contributed by atoms with van der Waals surface area (Å²) in [6.07, 6.45) is 22.8. The van der Waals surface area contributed by atoms with Gasteiger partial charge in [-0.25, -0.2) is 9.13 Å². The van der Waals surface area contributed by atoms with E-state index in [2.05, 4.69) is 42.7 Å². The molecule has 1 unspecified atom stereocenters. The fraction of sp³-hybridized carbons (Fsp3) is 0.867. The number of unbranched alkanes of at least 4 members (excludes halogenated alkanes) is 22. The Bertz CT molecular complexity index is 1330. The van der Waals surface area contributed by atoms with Gasteiger partial charge in [0.1, 0.15) is 43.2 Å². The molecule has 0 aromatic heterocycles. The Morgan fingerprint density at radius 2 is 0.875 bits per heavy atom. The lowest BCUT2D eigenvalue weighted by Gasteiger charge is -2.43. The molecule has 10 N–H and O–H groups in total. The van der Waals surface area contributed by atoms with E-state index in [0.717, 1.165) is 77.0 Å². The summed E-state index contributed by atoms with van der Waals surface area (Å²) in [5.74, 6) is -1.22. The summed E-state index contributed by atoms with van der Waals surface area (Å²) in [6.45, 7) is 3.09. The number of phosphoric acid groups is 2. The van der Waals surface area contributed by atoms with E-state index in [-0.39, 0.29) is 19.0 Å². The van der Waals surface area contributed by atoms with Crippen LogP contribution in [-0.2, 0) is 41.8 Å². The van der Waals surface area contributed by atoms with Gasteiger partial charge in [0, 0.05) is 12.8 Å². The largest absolute Gasteiger partial charge is 0.472 e. The van der Waals surface area contributed by atoms with E-state index in [1.54, 1.807) is 0 Å². The number of phosphoric ester groups is 2. The number of carbonyl (C=O) groups excluding carboxylic acids is 2. The lowest BCUT2D eigenvalue weighted by atomic mass is 9.85. The van der Waals surface area contributed by atoms with E-state index in [9.17, 15) is 44.0 Å². The third-order valence-corrected chi connectivity index (χ3v) is 12.5. The van der Waals surface area contributed by atoms with Crippen LogP contribution < -0.4 is 6.15 Å². The van der Waals surface area contributed by atoms with Gasteiger partial charge in [0.05, 0.1) is 6.61 Å². The number of aliphatic hydroxyl groups is 4. The van der Waals surface area contributed by atoms with Crippen LogP contribution in [0.1, 0.15) is 194 Å². The first kappa shape index (κ1) is 62.4. The number of hydrogen-bond donors (Lipinski definition) is 8. The van der Waals surface area contributed by atoms with Gasteiger partial charge < -0.3 is 50.7 Å². The minimum absolute atomic E-state index is 0. The van der Waals surface area contributed by atoms with Crippen molar-refractivity contribution in [3.8, 4) is 0 Å². The molecule has 1 aliphatic carbocycles. The molecule has 0 spiro atoms. The van der Waals surface area contributed by atoms with Crippen LogP contribution in [0.3, 0.4) is 0 Å². The van der Waals surface area contributed by atoms with Crippen LogP contribution in [-0.4, -0.2) is 103 Å². The van der Waals surface area contributed by atoms with Crippen LogP contribution in [0.25, 0.3) is 0 Å². The number of allylic oxidation sites excluding steroid dienone is 4. The van der Waals surface area contributed by atoms with Gasteiger partial charge in [0.15, 0.2) is 6.10 Å². The Morgan fingerprint density at radius 1 is 0.500 bits per heavy atom. The average Bonchev–Trinajstić information content (AvgIpc) is 3.23. The third-order valence-electron chi connectivity index (χ3n) is 11.0. The van der Waals surface area contributed by atoms with Gasteiger partial charge in [-0.15, -0.1) is 0 Å². The van der Waals surface area contributed by atoms with Crippen molar-refractivity contribution in [3.63, 3.8) is 0 Å². The van der Waals surface area contributed by atoms with E-state index in [1.807, 2.05) is 0 Å². The average molecular weight is 960 g/mol. The molecule has 0 aromatic carbocycles. The quantitative estimate of drug-likeness (QED) is 0.0123. The standard InChI is InChI=1S/C45H84O16P2.H3N/c1-3-5-7-9-11-13-15-17-19-21-23-25-27-29-31-33-38(46)57-35-37(59-39(47)34-32-30-28-26-24-22-20-18-16-14-12-10-8-6-4-2)36-58-63(55,56)61-45-42(50)40(48)41(49)44(43(45)51)60-62(52,53)54;/h17-20,37,40-45,48-51H,3-16,21-36H2,1-2H3,(H,55,56)(H2,52,53,54);1H3/b19-17-,20-18-;/t37-,40+,41+,42-,43-,44-,45+;/m1./s1. The first-order valence-electron chi connectivity index (χ1n) is 23.9. The Balaban J connectivity index is 0.0000397. The maximum Gasteiger partial charge on any atom is 0.472 e. The molecular formula is C45H87NO16P2. The number of esters is 2. The van der Waals surface area contributed by atoms with E-state index < -0.39 is 83.5 Å². The summed E-state index contributed by atoms with van der Waals surface area (Å²) < 4.78 is 49.4. The van der Waals surface area contributed by atoms with Crippen LogP contribution in [0.4, 0.5) is 0 Å². The molecule has 378 valence electrons. The van der Waals surface area contributed by atoms with E-state index in [4.69, 9.17) is 28.3 Å². The molecule has 1 fully saturated rings. The number of rotatable bonds is 40. The molecule has 1 aliphatic rings. The number of carbonyl (C=O) groups is 2. The van der Waals surface area contributed by atoms with Crippen molar-refractivity contribution in [1.82, 2.24) is 6.15 Å². The van der Waals surface area contributed by atoms with Gasteiger partial charge in [0.2, 0.25) is 0 Å². The zero-order chi connectivity index (χ0) is 46.8. The zero-order valence-electron chi connectivity index (χ0n) is 39.0. The minimum Gasteiger partial charge on any atom is -0.462 e. The van der Waals surface area contributed by atoms with Crippen molar-refractivity contribution in [1.29, 1.82) is 0 Å². The minimum atomic E-state index is -5.36. The van der Waals surface area contributed by atoms with Crippen molar-refractivity contribution >= 4 is 27.6 Å². The SMILES string of the molecule is CCCCCCCC/C=C\CCCCCCCC(=O)OC[C@H](COP(=O)(O)O[C@@H]1[C@H](O)[C@H](OP(=O)(O)O)[C@@H](O)[C@H](O)[C@H]1O)OC(=O)CCCCCCC/C=C\CCCCCCCC.N. The highest BCUT2D eigenvalue weighted by Gasteiger charge is 2.54. The summed E-state index contributed by atoms with van der Waals surface area (Å²) in [6, 6.07) is 0. The maximum atomic E-state index is 13.0. The second-order valence-corrected chi connectivity index (χ2v) is 19.4. The predicted octanol–water partition coefficient (Wildman–Crippen LogP) is 9.12. The van der Waals surface area contributed by atoms with Gasteiger partial charge in [-0.2, -0.15) is 0 Å². The Hall–Kier alpha value is -1.56. The molecule has 0 amide bonds. The van der Waals surface area contributed by atoms with Crippen LogP contribution in [0, 0.1) is 0 Å². The summed E-state index contributed by atoms with van der Waals surface area (Å²) in [7, 11) is -10.7. The fourth-order valence-corrected chi connectivity index (χ4v) is 8.79. The first-order valence-corrected chi connectivity index (χ1v) is 26.9. The molecule has 0 saturated heterocycles. The molecule has 17 nitrogen and oxygen atoms in total. The maximum absolute atomic E-state index is 13.0. The highest BCUT2D eigenvalue weighted by atomic mass is 31.2. The van der Waals surface area contributed by atoms with Crippen molar-refractivity contribution in [2.24, 2.45) is 0 Å². The summed E-state index contributed by atoms with van der Waals surface area (Å²) in [5, 5.41) is 41.2. The van der Waals surface area contributed by atoms with Crippen LogP contribution >= 0.6 is 15.6 Å². The monoisotopic (exact) mass is 960 g/mol. The van der Waals surface area contributed by atoms with Crippen LogP contribution in [0.2, 0.25) is 0 Å². The van der Waals surface area contributed by atoms with Crippen LogP contribution in [0.5, 0.6) is 0 Å². The lowest BCUT2D eigenvalue weighted by Crippen LogP contribution is -2.64. The molecule has 0 radical (unpaired) electrons. The normalized spacial score (nSPS) is 21.8. The van der Waals surface area contributed by atoms with Gasteiger partial charge >= 0.3 is 27.6 Å². The first-order chi connectivity index (χ1) is 30.1. The highest BCUT2D eigenvalue weighted by molar-refractivity contribution is 7.47. The molecule has 0 aromatic rings. The lowest BCUT2D eigenvalue weighted by molar-refractivity contribution is -0.216. The van der Waals surface area contributed by atoms with Gasteiger partial charge in [-0.05, 0) is 64.2 Å². The molecule has 1 saturated carbocycles. The Kier molecular flexibility index (Phi) is 37.5. The van der Waals surface area contributed by atoms with Crippen molar-refractivity contribution in [2.75, 3.05) is 13.2 Å². The predicted molar refractivity (Wildman–Crippen MR) is 246 cm³/mol. The van der Waals surface area contributed by atoms with Gasteiger partial charge in [0.25, 0.3) is 0 Å². The zero-order valence-corrected chi connectivity index (χ0v) is 40.8. The number of ether oxygens (including phenoxy) is 2. The highest BCUT2D eigenvalue weighted by Crippen LogP contribution is 2.49. The molecular weight excluding hydrogens is 872 g/mol.